The van der Waals surface area contributed by atoms with Gasteiger partial charge in [-0.25, -0.2) is 0 Å². The maximum Gasteiger partial charge on any atom is 0.224 e. The Hall–Kier alpha value is -2.10. The Labute approximate surface area is 121 Å². The number of amides is 1. The number of carbonyl (C=O) groups excluding carboxylic acids is 1. The minimum absolute atomic E-state index is 0.0221. The standard InChI is InChI=1S/C16H23N3O/c1-5-12-17-13(4)19(7-3)15-10-8-14(9-11-15)18-16(20)6-2/h5,8-11H,1,6-7,12H2,2-4H3,(H,18,20). The number of aliphatic imine (C=N–C) groups is 1. The average Bonchev–Trinajstić information content (AvgIpc) is 2.47. The molecule has 0 fully saturated rings. The summed E-state index contributed by atoms with van der Waals surface area (Å²) in [5, 5.41) is 2.84. The second-order valence-corrected chi connectivity index (χ2v) is 4.37. The fourth-order valence-corrected chi connectivity index (χ4v) is 1.85. The lowest BCUT2D eigenvalue weighted by Gasteiger charge is -2.23. The van der Waals surface area contributed by atoms with Crippen molar-refractivity contribution >= 4 is 23.1 Å². The molecule has 108 valence electrons. The minimum Gasteiger partial charge on any atom is -0.331 e. The number of nitrogens with zero attached hydrogens (tertiary/aromatic N) is 2. The maximum atomic E-state index is 11.3. The number of rotatable bonds is 6. The van der Waals surface area contributed by atoms with Crippen molar-refractivity contribution in [1.29, 1.82) is 0 Å². The third-order valence-corrected chi connectivity index (χ3v) is 2.94. The molecule has 20 heavy (non-hydrogen) atoms. The van der Waals surface area contributed by atoms with Crippen LogP contribution in [0.15, 0.2) is 41.9 Å². The molecule has 0 aromatic heterocycles. The number of hydrogen-bond donors (Lipinski definition) is 1. The molecule has 0 saturated carbocycles. The van der Waals surface area contributed by atoms with Crippen LogP contribution in [0.3, 0.4) is 0 Å². The highest BCUT2D eigenvalue weighted by Crippen LogP contribution is 2.18. The molecular formula is C16H23N3O. The first-order chi connectivity index (χ1) is 9.62. The van der Waals surface area contributed by atoms with Crippen LogP contribution in [-0.2, 0) is 4.79 Å². The summed E-state index contributed by atoms with van der Waals surface area (Å²) in [6.07, 6.45) is 2.26. The molecule has 0 heterocycles. The zero-order chi connectivity index (χ0) is 15.0. The molecule has 1 aromatic rings. The Morgan fingerprint density at radius 3 is 2.50 bits per heavy atom. The number of amidine groups is 1. The van der Waals surface area contributed by atoms with Gasteiger partial charge in [-0.3, -0.25) is 9.79 Å². The molecule has 0 saturated heterocycles. The van der Waals surface area contributed by atoms with Gasteiger partial charge in [0.2, 0.25) is 5.91 Å². The number of anilines is 2. The summed E-state index contributed by atoms with van der Waals surface area (Å²) in [5.74, 6) is 0.978. The molecular weight excluding hydrogens is 250 g/mol. The summed E-state index contributed by atoms with van der Waals surface area (Å²) in [6, 6.07) is 7.79. The van der Waals surface area contributed by atoms with Crippen molar-refractivity contribution in [1.82, 2.24) is 0 Å². The monoisotopic (exact) mass is 273 g/mol. The van der Waals surface area contributed by atoms with Gasteiger partial charge in [-0.2, -0.15) is 0 Å². The molecule has 4 nitrogen and oxygen atoms in total. The van der Waals surface area contributed by atoms with Crippen molar-refractivity contribution in [2.75, 3.05) is 23.3 Å². The van der Waals surface area contributed by atoms with E-state index in [2.05, 4.69) is 28.7 Å². The summed E-state index contributed by atoms with van der Waals surface area (Å²) >= 11 is 0. The van der Waals surface area contributed by atoms with Crippen LogP contribution in [0.1, 0.15) is 27.2 Å². The predicted molar refractivity (Wildman–Crippen MR) is 86.6 cm³/mol. The van der Waals surface area contributed by atoms with E-state index in [-0.39, 0.29) is 5.91 Å². The van der Waals surface area contributed by atoms with E-state index in [4.69, 9.17) is 0 Å². The van der Waals surface area contributed by atoms with E-state index in [9.17, 15) is 4.79 Å². The van der Waals surface area contributed by atoms with Crippen molar-refractivity contribution in [3.8, 4) is 0 Å². The fourth-order valence-electron chi connectivity index (χ4n) is 1.85. The normalized spacial score (nSPS) is 11.1. The van der Waals surface area contributed by atoms with E-state index in [0.717, 1.165) is 23.8 Å². The smallest absolute Gasteiger partial charge is 0.224 e. The second-order valence-electron chi connectivity index (χ2n) is 4.37. The van der Waals surface area contributed by atoms with Gasteiger partial charge in [0.25, 0.3) is 0 Å². The lowest BCUT2D eigenvalue weighted by Crippen LogP contribution is -2.28. The molecule has 0 unspecified atom stereocenters. The van der Waals surface area contributed by atoms with Gasteiger partial charge in [0.15, 0.2) is 0 Å². The molecule has 1 aromatic carbocycles. The minimum atomic E-state index is 0.0221. The van der Waals surface area contributed by atoms with Crippen molar-refractivity contribution in [2.45, 2.75) is 27.2 Å². The van der Waals surface area contributed by atoms with E-state index in [1.54, 1.807) is 6.08 Å². The van der Waals surface area contributed by atoms with Gasteiger partial charge in [0.1, 0.15) is 5.84 Å². The first kappa shape index (κ1) is 16.0. The van der Waals surface area contributed by atoms with Crippen LogP contribution in [0, 0.1) is 0 Å². The summed E-state index contributed by atoms with van der Waals surface area (Å²) in [7, 11) is 0. The van der Waals surface area contributed by atoms with Gasteiger partial charge < -0.3 is 10.2 Å². The topological polar surface area (TPSA) is 44.7 Å². The summed E-state index contributed by atoms with van der Waals surface area (Å²) in [6.45, 7) is 11.0. The number of carbonyl (C=O) groups is 1. The average molecular weight is 273 g/mol. The van der Waals surface area contributed by atoms with E-state index < -0.39 is 0 Å². The highest BCUT2D eigenvalue weighted by molar-refractivity contribution is 5.96. The molecule has 1 rings (SSSR count). The third kappa shape index (κ3) is 4.53. The number of benzene rings is 1. The van der Waals surface area contributed by atoms with E-state index in [1.165, 1.54) is 0 Å². The largest absolute Gasteiger partial charge is 0.331 e. The summed E-state index contributed by atoms with van der Waals surface area (Å²) < 4.78 is 0. The molecule has 1 N–H and O–H groups in total. The van der Waals surface area contributed by atoms with Gasteiger partial charge >= 0.3 is 0 Å². The molecule has 0 bridgehead atoms. The molecule has 4 heteroatoms. The Kier molecular flexibility index (Phi) is 6.50. The zero-order valence-electron chi connectivity index (χ0n) is 12.5. The zero-order valence-corrected chi connectivity index (χ0v) is 12.5. The van der Waals surface area contributed by atoms with Crippen LogP contribution in [0.4, 0.5) is 11.4 Å². The van der Waals surface area contributed by atoms with Crippen LogP contribution in [0.25, 0.3) is 0 Å². The fraction of sp³-hybridized carbons (Fsp3) is 0.375. The van der Waals surface area contributed by atoms with Crippen LogP contribution in [0.2, 0.25) is 0 Å². The highest BCUT2D eigenvalue weighted by Gasteiger charge is 2.07. The number of nitrogens with one attached hydrogen (secondary N) is 1. The summed E-state index contributed by atoms with van der Waals surface area (Å²) in [5.41, 5.74) is 1.88. The van der Waals surface area contributed by atoms with E-state index in [0.29, 0.717) is 13.0 Å². The van der Waals surface area contributed by atoms with Crippen molar-refractivity contribution in [2.24, 2.45) is 4.99 Å². The van der Waals surface area contributed by atoms with Crippen LogP contribution in [-0.4, -0.2) is 24.8 Å². The first-order valence-electron chi connectivity index (χ1n) is 6.91. The van der Waals surface area contributed by atoms with Gasteiger partial charge in [0, 0.05) is 24.3 Å². The number of hydrogen-bond acceptors (Lipinski definition) is 2. The second kappa shape index (κ2) is 8.15. The van der Waals surface area contributed by atoms with Gasteiger partial charge in [-0.05, 0) is 38.1 Å². The third-order valence-electron chi connectivity index (χ3n) is 2.94. The lowest BCUT2D eigenvalue weighted by molar-refractivity contribution is -0.115. The molecule has 1 amide bonds. The van der Waals surface area contributed by atoms with Gasteiger partial charge in [0.05, 0.1) is 6.54 Å². The molecule has 0 atom stereocenters. The van der Waals surface area contributed by atoms with Crippen LogP contribution in [0.5, 0.6) is 0 Å². The molecule has 0 aliphatic heterocycles. The van der Waals surface area contributed by atoms with Crippen molar-refractivity contribution in [3.63, 3.8) is 0 Å². The van der Waals surface area contributed by atoms with Gasteiger partial charge in [-0.15, -0.1) is 6.58 Å². The molecule has 0 spiro atoms. The molecule has 0 aliphatic carbocycles. The van der Waals surface area contributed by atoms with E-state index >= 15 is 0 Å². The highest BCUT2D eigenvalue weighted by atomic mass is 16.1. The van der Waals surface area contributed by atoms with Gasteiger partial charge in [-0.1, -0.05) is 13.0 Å². The molecule has 0 radical (unpaired) electrons. The lowest BCUT2D eigenvalue weighted by atomic mass is 10.2. The Bertz CT molecular complexity index is 477. The maximum absolute atomic E-state index is 11.3. The van der Waals surface area contributed by atoms with Crippen LogP contribution >= 0.6 is 0 Å². The quantitative estimate of drug-likeness (QED) is 0.490. The summed E-state index contributed by atoms with van der Waals surface area (Å²) in [4.78, 5) is 17.9. The Morgan fingerprint density at radius 2 is 2.00 bits per heavy atom. The Balaban J connectivity index is 2.84. The predicted octanol–water partition coefficient (Wildman–Crippen LogP) is 3.47. The van der Waals surface area contributed by atoms with Crippen LogP contribution < -0.4 is 10.2 Å². The van der Waals surface area contributed by atoms with Crippen molar-refractivity contribution < 1.29 is 4.79 Å². The first-order valence-corrected chi connectivity index (χ1v) is 6.91. The van der Waals surface area contributed by atoms with E-state index in [1.807, 2.05) is 38.1 Å². The SMILES string of the molecule is C=CCN=C(C)N(CC)c1ccc(NC(=O)CC)cc1. The van der Waals surface area contributed by atoms with Crippen molar-refractivity contribution in [3.05, 3.63) is 36.9 Å². The Morgan fingerprint density at radius 1 is 1.35 bits per heavy atom. The molecule has 0 aliphatic rings.